The van der Waals surface area contributed by atoms with Gasteiger partial charge in [0.05, 0.1) is 13.2 Å². The Bertz CT molecular complexity index is 1440. The van der Waals surface area contributed by atoms with Crippen molar-refractivity contribution in [3.8, 4) is 28.6 Å². The summed E-state index contributed by atoms with van der Waals surface area (Å²) in [5.41, 5.74) is -0.339. The molecule has 2 saturated heterocycles. The molecule has 9 N–H and O–H groups in total. The Balaban J connectivity index is 1.58. The summed E-state index contributed by atoms with van der Waals surface area (Å²) in [4.78, 5) is 13.3. The molecule has 2 aromatic carbocycles. The molecule has 15 nitrogen and oxygen atoms in total. The minimum atomic E-state index is -1.82. The summed E-state index contributed by atoms with van der Waals surface area (Å²) in [6.45, 7) is -1.44. The number of ether oxygens (including phenoxy) is 4. The van der Waals surface area contributed by atoms with Gasteiger partial charge in [-0.2, -0.15) is 0 Å². The number of aliphatic hydroxyl groups excluding tert-OH is 8. The Hall–Kier alpha value is -3.35. The number of phenols is 1. The van der Waals surface area contributed by atoms with Crippen LogP contribution in [0.25, 0.3) is 22.3 Å². The largest absolute Gasteiger partial charge is 0.508 e. The van der Waals surface area contributed by atoms with E-state index in [-0.39, 0.29) is 34.0 Å². The Morgan fingerprint density at radius 3 is 1.79 bits per heavy atom. The van der Waals surface area contributed by atoms with E-state index < -0.39 is 80.1 Å². The van der Waals surface area contributed by atoms with Crippen LogP contribution < -0.4 is 14.9 Å². The van der Waals surface area contributed by atoms with Crippen molar-refractivity contribution in [1.29, 1.82) is 0 Å². The molecule has 3 heterocycles. The van der Waals surface area contributed by atoms with Gasteiger partial charge in [-0.3, -0.25) is 4.79 Å². The predicted octanol–water partition coefficient (Wildman–Crippen LogP) is -2.48. The van der Waals surface area contributed by atoms with Gasteiger partial charge in [0.25, 0.3) is 0 Å². The molecule has 228 valence electrons. The molecule has 15 heteroatoms. The molecular formula is C27H30O15. The number of aliphatic hydroxyl groups is 8. The van der Waals surface area contributed by atoms with Gasteiger partial charge >= 0.3 is 0 Å². The van der Waals surface area contributed by atoms with Crippen LogP contribution in [-0.2, 0) is 9.47 Å². The molecule has 0 radical (unpaired) electrons. The van der Waals surface area contributed by atoms with Gasteiger partial charge in [0.2, 0.25) is 12.6 Å². The van der Waals surface area contributed by atoms with Crippen molar-refractivity contribution in [3.05, 3.63) is 52.7 Å². The molecule has 2 aliphatic rings. The number of benzene rings is 2. The van der Waals surface area contributed by atoms with Crippen LogP contribution in [0.3, 0.4) is 0 Å². The van der Waals surface area contributed by atoms with E-state index in [0.717, 1.165) is 12.1 Å². The molecule has 1 aromatic heterocycles. The summed E-state index contributed by atoms with van der Waals surface area (Å²) in [6.07, 6.45) is -16.3. The Morgan fingerprint density at radius 1 is 0.690 bits per heavy atom. The number of aromatic hydroxyl groups is 1. The maximum atomic E-state index is 13.3. The molecule has 10 atom stereocenters. The van der Waals surface area contributed by atoms with Crippen LogP contribution in [0.5, 0.6) is 17.2 Å². The third-order valence-corrected chi connectivity index (χ3v) is 7.11. The normalized spacial score (nSPS) is 33.4. The van der Waals surface area contributed by atoms with Crippen LogP contribution >= 0.6 is 0 Å². The summed E-state index contributed by atoms with van der Waals surface area (Å²) in [6, 6.07) is 9.29. The predicted molar refractivity (Wildman–Crippen MR) is 138 cm³/mol. The quantitative estimate of drug-likeness (QED) is 0.137. The van der Waals surface area contributed by atoms with Gasteiger partial charge in [-0.1, -0.05) is 0 Å². The summed E-state index contributed by atoms with van der Waals surface area (Å²) in [5, 5.41) is 89.9. The molecule has 0 aliphatic carbocycles. The van der Waals surface area contributed by atoms with Crippen LogP contribution in [0, 0.1) is 0 Å². The van der Waals surface area contributed by atoms with E-state index in [0.29, 0.717) is 5.56 Å². The Labute approximate surface area is 236 Å². The number of hydrogen-bond donors (Lipinski definition) is 9. The van der Waals surface area contributed by atoms with Crippen molar-refractivity contribution in [2.75, 3.05) is 13.2 Å². The summed E-state index contributed by atoms with van der Waals surface area (Å²) < 4.78 is 28.2. The molecule has 0 amide bonds. The third kappa shape index (κ3) is 5.67. The van der Waals surface area contributed by atoms with Crippen LogP contribution in [0.4, 0.5) is 0 Å². The van der Waals surface area contributed by atoms with Gasteiger partial charge in [-0.15, -0.1) is 0 Å². The van der Waals surface area contributed by atoms with E-state index >= 15 is 0 Å². The highest BCUT2D eigenvalue weighted by molar-refractivity contribution is 5.86. The highest BCUT2D eigenvalue weighted by atomic mass is 16.7. The second-order valence-corrected chi connectivity index (χ2v) is 9.95. The Morgan fingerprint density at radius 2 is 1.24 bits per heavy atom. The zero-order chi connectivity index (χ0) is 30.3. The van der Waals surface area contributed by atoms with Crippen LogP contribution in [0.1, 0.15) is 0 Å². The minimum absolute atomic E-state index is 0.0210. The van der Waals surface area contributed by atoms with Gasteiger partial charge in [0, 0.05) is 23.8 Å². The van der Waals surface area contributed by atoms with Crippen molar-refractivity contribution >= 4 is 11.0 Å². The van der Waals surface area contributed by atoms with Gasteiger partial charge in [-0.05, 0) is 24.3 Å². The molecule has 2 aliphatic heterocycles. The molecule has 5 rings (SSSR count). The topological polar surface area (TPSA) is 249 Å². The smallest absolute Gasteiger partial charge is 0.229 e. The van der Waals surface area contributed by atoms with Crippen molar-refractivity contribution < 1.29 is 69.3 Å². The molecule has 0 unspecified atom stereocenters. The fourth-order valence-corrected chi connectivity index (χ4v) is 4.75. The molecule has 0 saturated carbocycles. The van der Waals surface area contributed by atoms with Crippen LogP contribution in [0.15, 0.2) is 51.7 Å². The SMILES string of the molecule is O=c1cc(-c2ccc(O)cc2)oc2cc(O[C@@H]3O[C@H](CO)[C@@H](O)[C@H](O)[C@H]3O)cc(O[C@@H]3O[C@H](CO)[C@@H](O)[C@H](O)[C@H]3O)c12. The summed E-state index contributed by atoms with van der Waals surface area (Å²) in [5.74, 6) is -0.413. The van der Waals surface area contributed by atoms with E-state index in [1.807, 2.05) is 0 Å². The fraction of sp³-hybridized carbons (Fsp3) is 0.444. The number of rotatable bonds is 7. The van der Waals surface area contributed by atoms with E-state index in [2.05, 4.69) is 0 Å². The van der Waals surface area contributed by atoms with Crippen molar-refractivity contribution in [2.24, 2.45) is 0 Å². The van der Waals surface area contributed by atoms with E-state index in [9.17, 15) is 50.8 Å². The lowest BCUT2D eigenvalue weighted by Gasteiger charge is -2.40. The Kier molecular flexibility index (Phi) is 8.68. The fourth-order valence-electron chi connectivity index (χ4n) is 4.75. The van der Waals surface area contributed by atoms with Gasteiger partial charge < -0.3 is 69.3 Å². The number of fused-ring (bicyclic) bond motifs is 1. The van der Waals surface area contributed by atoms with E-state index in [1.54, 1.807) is 0 Å². The van der Waals surface area contributed by atoms with Crippen molar-refractivity contribution in [1.82, 2.24) is 0 Å². The van der Waals surface area contributed by atoms with Gasteiger partial charge in [0.1, 0.15) is 82.8 Å². The molecule has 0 bridgehead atoms. The average Bonchev–Trinajstić information content (AvgIpc) is 2.97. The first-order chi connectivity index (χ1) is 20.0. The lowest BCUT2D eigenvalue weighted by Crippen LogP contribution is -2.60. The molecule has 3 aromatic rings. The van der Waals surface area contributed by atoms with Crippen molar-refractivity contribution in [2.45, 2.75) is 61.4 Å². The molecule has 0 spiro atoms. The highest BCUT2D eigenvalue weighted by Gasteiger charge is 2.46. The standard InChI is InChI=1S/C27H30O15/c28-8-17-20(32)22(34)24(36)26(41-17)38-12-5-15-19(13(31)7-14(39-15)10-1-3-11(30)4-2-10)16(6-12)40-27-25(37)23(35)21(33)18(9-29)42-27/h1-7,17-18,20-30,32-37H,8-9H2/t17-,18-,20-,21-,22+,23+,24-,25-,26-,27-/m1/s1. The van der Waals surface area contributed by atoms with E-state index in [4.69, 9.17) is 23.4 Å². The first kappa shape index (κ1) is 30.1. The monoisotopic (exact) mass is 594 g/mol. The lowest BCUT2D eigenvalue weighted by molar-refractivity contribution is -0.278. The van der Waals surface area contributed by atoms with Crippen LogP contribution in [0.2, 0.25) is 0 Å². The number of hydrogen-bond acceptors (Lipinski definition) is 15. The average molecular weight is 595 g/mol. The minimum Gasteiger partial charge on any atom is -0.508 e. The molecule has 42 heavy (non-hydrogen) atoms. The summed E-state index contributed by atoms with van der Waals surface area (Å²) in [7, 11) is 0. The zero-order valence-corrected chi connectivity index (χ0v) is 21.7. The van der Waals surface area contributed by atoms with Gasteiger partial charge in [0.15, 0.2) is 5.43 Å². The first-order valence-corrected chi connectivity index (χ1v) is 12.9. The number of phenolic OH excluding ortho intramolecular Hbond substituents is 1. The first-order valence-electron chi connectivity index (χ1n) is 12.9. The van der Waals surface area contributed by atoms with Crippen molar-refractivity contribution in [3.63, 3.8) is 0 Å². The summed E-state index contributed by atoms with van der Waals surface area (Å²) >= 11 is 0. The van der Waals surface area contributed by atoms with Crippen LogP contribution in [-0.4, -0.2) is 121 Å². The third-order valence-electron chi connectivity index (χ3n) is 7.11. The molecular weight excluding hydrogens is 564 g/mol. The maximum Gasteiger partial charge on any atom is 0.229 e. The second-order valence-electron chi connectivity index (χ2n) is 9.95. The van der Waals surface area contributed by atoms with E-state index in [1.165, 1.54) is 30.3 Å². The zero-order valence-electron chi connectivity index (χ0n) is 21.7. The molecule has 2 fully saturated rings. The van der Waals surface area contributed by atoms with Gasteiger partial charge in [-0.25, -0.2) is 0 Å². The highest BCUT2D eigenvalue weighted by Crippen LogP contribution is 2.36. The lowest BCUT2D eigenvalue weighted by atomic mass is 9.99. The maximum absolute atomic E-state index is 13.3. The second kappa shape index (κ2) is 12.1.